The lowest BCUT2D eigenvalue weighted by Crippen LogP contribution is -2.26. The Morgan fingerprint density at radius 1 is 1.12 bits per heavy atom. The number of carboxylic acids is 1. The van der Waals surface area contributed by atoms with Crippen molar-refractivity contribution in [2.75, 3.05) is 18.5 Å². The number of ether oxygens (including phenoxy) is 2. The second kappa shape index (κ2) is 10.2. The molecule has 0 heterocycles. The van der Waals surface area contributed by atoms with E-state index >= 15 is 0 Å². The van der Waals surface area contributed by atoms with Crippen molar-refractivity contribution in [1.29, 1.82) is 0 Å². The van der Waals surface area contributed by atoms with E-state index in [4.69, 9.17) is 14.6 Å². The fourth-order valence-electron chi connectivity index (χ4n) is 2.48. The average Bonchev–Trinajstić information content (AvgIpc) is 2.64. The number of amides is 1. The molecule has 0 spiro atoms. The largest absolute Gasteiger partial charge is 0.493 e. The van der Waals surface area contributed by atoms with Gasteiger partial charge in [0.05, 0.1) is 6.61 Å². The molecule has 2 N–H and O–H groups in total. The van der Waals surface area contributed by atoms with E-state index in [1.807, 2.05) is 48.5 Å². The summed E-state index contributed by atoms with van der Waals surface area (Å²) in [5.74, 6) is -0.224. The summed E-state index contributed by atoms with van der Waals surface area (Å²) in [4.78, 5) is 21.5. The van der Waals surface area contributed by atoms with Crippen LogP contribution in [0.5, 0.6) is 5.75 Å². The molecule has 2 aromatic rings. The lowest BCUT2D eigenvalue weighted by Gasteiger charge is -2.13. The fourth-order valence-corrected chi connectivity index (χ4v) is 2.48. The van der Waals surface area contributed by atoms with E-state index in [9.17, 15) is 9.59 Å². The molecule has 26 heavy (non-hydrogen) atoms. The summed E-state index contributed by atoms with van der Waals surface area (Å²) in [5.41, 5.74) is 2.75. The van der Waals surface area contributed by atoms with Crippen molar-refractivity contribution in [2.45, 2.75) is 25.9 Å². The third-order valence-corrected chi connectivity index (χ3v) is 3.83. The van der Waals surface area contributed by atoms with Crippen molar-refractivity contribution >= 4 is 18.1 Å². The maximum Gasteiger partial charge on any atom is 0.333 e. The Hall–Kier alpha value is -2.86. The lowest BCUT2D eigenvalue weighted by atomic mass is 10.1. The number of hydrogen-bond acceptors (Lipinski definition) is 4. The summed E-state index contributed by atoms with van der Waals surface area (Å²) in [6.45, 7) is 2.67. The molecule has 0 aliphatic heterocycles. The normalized spacial score (nSPS) is 11.6. The molecule has 0 aliphatic carbocycles. The molecular weight excluding hydrogens is 334 g/mol. The van der Waals surface area contributed by atoms with Crippen LogP contribution in [0, 0.1) is 0 Å². The molecule has 0 bridgehead atoms. The van der Waals surface area contributed by atoms with Crippen LogP contribution in [0.15, 0.2) is 48.5 Å². The predicted octanol–water partition coefficient (Wildman–Crippen LogP) is 2.91. The third kappa shape index (κ3) is 6.22. The van der Waals surface area contributed by atoms with Crippen LogP contribution in [0.1, 0.15) is 18.1 Å². The van der Waals surface area contributed by atoms with Gasteiger partial charge in [0.2, 0.25) is 6.41 Å². The Bertz CT molecular complexity index is 697. The maximum atomic E-state index is 11.1. The minimum Gasteiger partial charge on any atom is -0.493 e. The quantitative estimate of drug-likeness (QED) is 0.604. The monoisotopic (exact) mass is 357 g/mol. The molecule has 6 nitrogen and oxygen atoms in total. The van der Waals surface area contributed by atoms with Gasteiger partial charge in [-0.25, -0.2) is 4.79 Å². The first-order valence-electron chi connectivity index (χ1n) is 8.47. The van der Waals surface area contributed by atoms with Crippen molar-refractivity contribution in [3.8, 4) is 5.75 Å². The number of carboxylic acid groups (broad SMARTS) is 1. The number of anilines is 1. The summed E-state index contributed by atoms with van der Waals surface area (Å²) in [5, 5.41) is 11.7. The lowest BCUT2D eigenvalue weighted by molar-refractivity contribution is -0.149. The third-order valence-electron chi connectivity index (χ3n) is 3.83. The van der Waals surface area contributed by atoms with Gasteiger partial charge >= 0.3 is 5.97 Å². The van der Waals surface area contributed by atoms with Gasteiger partial charge < -0.3 is 19.9 Å². The van der Waals surface area contributed by atoms with Gasteiger partial charge in [0.1, 0.15) is 5.75 Å². The molecule has 2 rings (SSSR count). The van der Waals surface area contributed by atoms with Crippen LogP contribution in [0.25, 0.3) is 0 Å². The van der Waals surface area contributed by atoms with E-state index in [0.29, 0.717) is 26.0 Å². The molecule has 0 saturated heterocycles. The number of hydrogen-bond donors (Lipinski definition) is 2. The number of aliphatic carboxylic acids is 1. The Morgan fingerprint density at radius 2 is 1.77 bits per heavy atom. The van der Waals surface area contributed by atoms with Gasteiger partial charge in [0.25, 0.3) is 0 Å². The van der Waals surface area contributed by atoms with E-state index in [-0.39, 0.29) is 0 Å². The summed E-state index contributed by atoms with van der Waals surface area (Å²) < 4.78 is 10.9. The molecular formula is C20H23NO5. The van der Waals surface area contributed by atoms with Crippen molar-refractivity contribution in [3.05, 3.63) is 59.7 Å². The van der Waals surface area contributed by atoms with Crippen LogP contribution >= 0.6 is 0 Å². The molecule has 6 heteroatoms. The van der Waals surface area contributed by atoms with Crippen molar-refractivity contribution < 1.29 is 24.2 Å². The Kier molecular flexibility index (Phi) is 7.64. The van der Waals surface area contributed by atoms with Gasteiger partial charge in [-0.1, -0.05) is 24.3 Å². The van der Waals surface area contributed by atoms with E-state index in [1.165, 1.54) is 0 Å². The summed E-state index contributed by atoms with van der Waals surface area (Å²) >= 11 is 0. The Labute approximate surface area is 152 Å². The highest BCUT2D eigenvalue weighted by Gasteiger charge is 2.17. The van der Waals surface area contributed by atoms with Crippen LogP contribution in [-0.2, 0) is 27.2 Å². The van der Waals surface area contributed by atoms with Crippen molar-refractivity contribution in [1.82, 2.24) is 0 Å². The first-order valence-corrected chi connectivity index (χ1v) is 8.47. The topological polar surface area (TPSA) is 84.9 Å². The number of carbonyl (C=O) groups excluding carboxylic acids is 1. The van der Waals surface area contributed by atoms with Crippen LogP contribution in [0.3, 0.4) is 0 Å². The second-order valence-corrected chi connectivity index (χ2v) is 5.69. The highest BCUT2D eigenvalue weighted by atomic mass is 16.5. The zero-order valence-corrected chi connectivity index (χ0v) is 14.7. The first-order chi connectivity index (χ1) is 12.6. The van der Waals surface area contributed by atoms with Crippen LogP contribution < -0.4 is 10.1 Å². The zero-order valence-electron chi connectivity index (χ0n) is 14.7. The standard InChI is InChI=1S/C20H23NO5/c1-2-25-19(20(23)24)13-16-5-9-18(10-6-16)26-12-11-15-3-7-17(8-4-15)21-14-22/h3-10,14,19H,2,11-13H2,1H3,(H,21,22)(H,23,24). The molecule has 1 amide bonds. The van der Waals surface area contributed by atoms with Gasteiger partial charge in [0.15, 0.2) is 6.10 Å². The highest BCUT2D eigenvalue weighted by molar-refractivity contribution is 5.72. The Morgan fingerprint density at radius 3 is 2.35 bits per heavy atom. The average molecular weight is 357 g/mol. The first kappa shape index (κ1) is 19.5. The molecule has 1 atom stereocenters. The van der Waals surface area contributed by atoms with Crippen LogP contribution in [0.2, 0.25) is 0 Å². The molecule has 138 valence electrons. The van der Waals surface area contributed by atoms with Gasteiger partial charge in [-0.05, 0) is 42.3 Å². The minimum atomic E-state index is -0.957. The maximum absolute atomic E-state index is 11.1. The van der Waals surface area contributed by atoms with Gasteiger partial charge in [-0.3, -0.25) is 4.79 Å². The summed E-state index contributed by atoms with van der Waals surface area (Å²) in [6, 6.07) is 14.9. The molecule has 0 fully saturated rings. The van der Waals surface area contributed by atoms with E-state index in [2.05, 4.69) is 5.32 Å². The highest BCUT2D eigenvalue weighted by Crippen LogP contribution is 2.15. The van der Waals surface area contributed by atoms with Crippen molar-refractivity contribution in [2.24, 2.45) is 0 Å². The predicted molar refractivity (Wildman–Crippen MR) is 98.5 cm³/mol. The summed E-state index contributed by atoms with van der Waals surface area (Å²) in [7, 11) is 0. The fraction of sp³-hybridized carbons (Fsp3) is 0.300. The van der Waals surface area contributed by atoms with Gasteiger partial charge in [-0.2, -0.15) is 0 Å². The number of carbonyl (C=O) groups is 2. The molecule has 2 aromatic carbocycles. The smallest absolute Gasteiger partial charge is 0.333 e. The number of nitrogens with one attached hydrogen (secondary N) is 1. The van der Waals surface area contributed by atoms with Crippen LogP contribution in [0.4, 0.5) is 5.69 Å². The van der Waals surface area contributed by atoms with Crippen LogP contribution in [-0.4, -0.2) is 36.8 Å². The molecule has 0 radical (unpaired) electrons. The zero-order chi connectivity index (χ0) is 18.8. The molecule has 0 aromatic heterocycles. The van der Waals surface area contributed by atoms with E-state index < -0.39 is 12.1 Å². The number of rotatable bonds is 11. The van der Waals surface area contributed by atoms with Gasteiger partial charge in [-0.15, -0.1) is 0 Å². The van der Waals surface area contributed by atoms with E-state index in [0.717, 1.165) is 29.0 Å². The van der Waals surface area contributed by atoms with Crippen molar-refractivity contribution in [3.63, 3.8) is 0 Å². The number of benzene rings is 2. The molecule has 0 saturated carbocycles. The van der Waals surface area contributed by atoms with Gasteiger partial charge in [0, 0.05) is 25.1 Å². The second-order valence-electron chi connectivity index (χ2n) is 5.69. The Balaban J connectivity index is 1.81. The molecule has 0 aliphatic rings. The minimum absolute atomic E-state index is 0.324. The van der Waals surface area contributed by atoms with E-state index in [1.54, 1.807) is 6.92 Å². The molecule has 1 unspecified atom stereocenters. The summed E-state index contributed by atoms with van der Waals surface area (Å²) in [6.07, 6.45) is 0.886. The SMILES string of the molecule is CCOC(Cc1ccc(OCCc2ccc(NC=O)cc2)cc1)C(=O)O.